The van der Waals surface area contributed by atoms with Gasteiger partial charge in [0, 0.05) is 31.4 Å². The van der Waals surface area contributed by atoms with Gasteiger partial charge in [-0.15, -0.1) is 0 Å². The molecule has 2 aromatic heterocycles. The van der Waals surface area contributed by atoms with Gasteiger partial charge in [-0.2, -0.15) is 13.2 Å². The molecule has 0 bridgehead atoms. The number of benzene rings is 2. The number of ether oxygens (including phenoxy) is 1. The van der Waals surface area contributed by atoms with Crippen molar-refractivity contribution in [3.63, 3.8) is 0 Å². The van der Waals surface area contributed by atoms with Gasteiger partial charge >= 0.3 is 12.2 Å². The van der Waals surface area contributed by atoms with Crippen molar-refractivity contribution in [1.29, 1.82) is 0 Å². The van der Waals surface area contributed by atoms with Crippen molar-refractivity contribution in [2.45, 2.75) is 58.8 Å². The molecular weight excluding hydrogens is 569 g/mol. The molecule has 1 unspecified atom stereocenters. The molecule has 0 saturated carbocycles. The molecule has 2 N–H and O–H groups in total. The van der Waals surface area contributed by atoms with Gasteiger partial charge in [-0.3, -0.25) is 10.1 Å². The fourth-order valence-electron chi connectivity index (χ4n) is 5.53. The van der Waals surface area contributed by atoms with Crippen molar-refractivity contribution in [3.05, 3.63) is 54.4 Å². The highest BCUT2D eigenvalue weighted by Crippen LogP contribution is 2.39. The first-order valence-electron chi connectivity index (χ1n) is 13.5. The van der Waals surface area contributed by atoms with Crippen molar-refractivity contribution in [3.8, 4) is 22.9 Å². The summed E-state index contributed by atoms with van der Waals surface area (Å²) in [6.07, 6.45) is -1.66. The molecule has 3 amide bonds. The van der Waals surface area contributed by atoms with Gasteiger partial charge < -0.3 is 10.1 Å². The normalized spacial score (nSPS) is 18.8. The highest BCUT2D eigenvalue weighted by atomic mass is 32.1. The number of para-hydroxylation sites is 1. The number of nitrogens with one attached hydrogen (secondary N) is 2. The highest BCUT2D eigenvalue weighted by molar-refractivity contribution is 7.22. The molecule has 2 aromatic carbocycles. The van der Waals surface area contributed by atoms with Crippen LogP contribution in [0.3, 0.4) is 0 Å². The van der Waals surface area contributed by atoms with Gasteiger partial charge in [-0.25, -0.2) is 24.2 Å². The minimum absolute atomic E-state index is 0.00160. The molecule has 13 heteroatoms. The second-order valence-electron chi connectivity index (χ2n) is 10.6. The Morgan fingerprint density at radius 1 is 1.12 bits per heavy atom. The Morgan fingerprint density at radius 2 is 1.90 bits per heavy atom. The number of halogens is 3. The fourth-order valence-corrected chi connectivity index (χ4v) is 6.46. The number of amides is 3. The number of alkyl halides is 3. The molecule has 9 nitrogen and oxygen atoms in total. The van der Waals surface area contributed by atoms with E-state index in [4.69, 9.17) is 4.74 Å². The number of carbonyl (C=O) groups is 2. The van der Waals surface area contributed by atoms with E-state index in [2.05, 4.69) is 25.6 Å². The third kappa shape index (κ3) is 5.66. The van der Waals surface area contributed by atoms with Crippen LogP contribution in [0.15, 0.2) is 48.8 Å². The van der Waals surface area contributed by atoms with Gasteiger partial charge in [0.1, 0.15) is 11.8 Å². The van der Waals surface area contributed by atoms with Gasteiger partial charge in [0.15, 0.2) is 10.9 Å². The number of rotatable bonds is 6. The lowest BCUT2D eigenvalue weighted by molar-refractivity contribution is -0.879. The minimum Gasteiger partial charge on any atom is -0.437 e. The minimum atomic E-state index is -4.61. The first kappa shape index (κ1) is 29.4. The number of quaternary nitrogens is 1. The number of likely N-dealkylation sites (tertiary alicyclic amines) is 1. The largest absolute Gasteiger partial charge is 0.437 e. The quantitative estimate of drug-likeness (QED) is 0.223. The van der Waals surface area contributed by atoms with Gasteiger partial charge in [-0.1, -0.05) is 23.5 Å². The Bertz CT molecular complexity index is 1660. The summed E-state index contributed by atoms with van der Waals surface area (Å²) in [4.78, 5) is 38.1. The first-order valence-corrected chi connectivity index (χ1v) is 14.3. The third-order valence-electron chi connectivity index (χ3n) is 7.62. The predicted octanol–water partition coefficient (Wildman–Crippen LogP) is 7.46. The van der Waals surface area contributed by atoms with Crippen LogP contribution in [0.4, 0.5) is 28.8 Å². The Balaban J connectivity index is 1.51. The van der Waals surface area contributed by atoms with Crippen LogP contribution >= 0.6 is 11.3 Å². The number of nitrogens with zero attached hydrogens (tertiary/aromatic N) is 4. The lowest BCUT2D eigenvalue weighted by Gasteiger charge is -2.39. The summed E-state index contributed by atoms with van der Waals surface area (Å²) in [5.41, 5.74) is 0.175. The summed E-state index contributed by atoms with van der Waals surface area (Å²) in [6, 6.07) is 9.58. The van der Waals surface area contributed by atoms with Gasteiger partial charge in [0.05, 0.1) is 40.3 Å². The summed E-state index contributed by atoms with van der Waals surface area (Å²) in [5, 5.41) is 5.89. The molecule has 1 fully saturated rings. The van der Waals surface area contributed by atoms with Gasteiger partial charge in [-0.05, 0) is 45.0 Å². The van der Waals surface area contributed by atoms with Crippen LogP contribution in [0.5, 0.6) is 11.6 Å². The van der Waals surface area contributed by atoms with E-state index in [0.29, 0.717) is 22.9 Å². The fraction of sp³-hybridized carbons (Fsp3) is 0.345. The van der Waals surface area contributed by atoms with E-state index in [-0.39, 0.29) is 51.3 Å². The molecule has 0 spiro atoms. The Hall–Kier alpha value is -4.10. The maximum atomic E-state index is 13.7. The van der Waals surface area contributed by atoms with Crippen molar-refractivity contribution >= 4 is 44.3 Å². The zero-order chi connectivity index (χ0) is 30.2. The number of urea groups is 1. The monoisotopic (exact) mass is 599 g/mol. The molecule has 220 valence electrons. The number of hydrogen-bond donors (Lipinski definition) is 2. The Kier molecular flexibility index (Phi) is 7.90. The van der Waals surface area contributed by atoms with Crippen LogP contribution in [0.2, 0.25) is 0 Å². The van der Waals surface area contributed by atoms with Crippen molar-refractivity contribution in [2.24, 2.45) is 0 Å². The molecule has 4 aromatic rings. The molecule has 2 atom stereocenters. The molecule has 0 radical (unpaired) electrons. The first-order chi connectivity index (χ1) is 19.9. The summed E-state index contributed by atoms with van der Waals surface area (Å²) >= 11 is 1.28. The maximum absolute atomic E-state index is 13.7. The van der Waals surface area contributed by atoms with Crippen LogP contribution in [-0.2, 0) is 11.0 Å². The van der Waals surface area contributed by atoms with Crippen molar-refractivity contribution in [1.82, 2.24) is 15.0 Å². The molecule has 42 heavy (non-hydrogen) atoms. The molecule has 3 heterocycles. The Morgan fingerprint density at radius 3 is 2.57 bits per heavy atom. The SMILES string of the molecule is CC(=O)Nc1nc2c(Oc3cc(-c4ccc(C(F)(F)F)cc4NC(=O)[N+]4(C(C)C)CCC[C@H]4C)ncn3)cccc2s1. The van der Waals surface area contributed by atoms with E-state index < -0.39 is 11.7 Å². The number of carbonyl (C=O) groups excluding carboxylic acids is 2. The second-order valence-corrected chi connectivity index (χ2v) is 11.6. The van der Waals surface area contributed by atoms with Crippen LogP contribution in [-0.4, -0.2) is 50.0 Å². The smallest absolute Gasteiger partial charge is 0.421 e. The number of thiazole rings is 1. The Labute approximate surface area is 244 Å². The summed E-state index contributed by atoms with van der Waals surface area (Å²) in [6.45, 7) is 7.89. The molecule has 5 rings (SSSR count). The average Bonchev–Trinajstić information content (AvgIpc) is 3.52. The molecule has 0 aliphatic carbocycles. The zero-order valence-electron chi connectivity index (χ0n) is 23.5. The highest BCUT2D eigenvalue weighted by Gasteiger charge is 2.48. The zero-order valence-corrected chi connectivity index (χ0v) is 24.3. The van der Waals surface area contributed by atoms with Crippen molar-refractivity contribution < 1.29 is 32.0 Å². The number of fused-ring (bicyclic) bond motifs is 1. The standard InChI is InChI=1S/C29H29F3N6O3S/c1-16(2)38(12-6-7-17(38)3)28(40)36-22-13-19(29(30,31)32)10-11-20(22)21-14-25(34-15-33-21)41-23-8-5-9-24-26(23)37-27(42-24)35-18(4)39/h5,8-11,13-17H,6-7,12H2,1-4H3,(H-,33,34,35,36,37,39,40)/p+1/t17-,38?/m1/s1. The molecule has 1 aliphatic heterocycles. The van der Waals surface area contributed by atoms with E-state index in [0.717, 1.165) is 29.7 Å². The van der Waals surface area contributed by atoms with E-state index in [9.17, 15) is 22.8 Å². The lowest BCUT2D eigenvalue weighted by Crippen LogP contribution is -2.61. The van der Waals surface area contributed by atoms with Crippen LogP contribution in [0.1, 0.15) is 46.1 Å². The van der Waals surface area contributed by atoms with Crippen LogP contribution < -0.4 is 15.4 Å². The number of anilines is 2. The molecule has 1 saturated heterocycles. The van der Waals surface area contributed by atoms with Gasteiger partial charge in [0.2, 0.25) is 11.8 Å². The summed E-state index contributed by atoms with van der Waals surface area (Å²) < 4.78 is 48.1. The summed E-state index contributed by atoms with van der Waals surface area (Å²) in [7, 11) is 0. The van der Waals surface area contributed by atoms with Crippen LogP contribution in [0, 0.1) is 0 Å². The van der Waals surface area contributed by atoms with Crippen molar-refractivity contribution in [2.75, 3.05) is 17.2 Å². The molecule has 1 aliphatic rings. The third-order valence-corrected chi connectivity index (χ3v) is 8.56. The van der Waals surface area contributed by atoms with E-state index in [1.807, 2.05) is 26.8 Å². The van der Waals surface area contributed by atoms with Gasteiger partial charge in [0.25, 0.3) is 0 Å². The average molecular weight is 600 g/mol. The van der Waals surface area contributed by atoms with E-state index in [1.165, 1.54) is 36.7 Å². The number of aromatic nitrogens is 3. The lowest BCUT2D eigenvalue weighted by atomic mass is 10.0. The summed E-state index contributed by atoms with van der Waals surface area (Å²) in [5.74, 6) is 0.242. The maximum Gasteiger partial charge on any atom is 0.421 e. The predicted molar refractivity (Wildman–Crippen MR) is 154 cm³/mol. The topological polar surface area (TPSA) is 106 Å². The second kappa shape index (κ2) is 11.3. The van der Waals surface area contributed by atoms with E-state index >= 15 is 0 Å². The molecular formula is C29H30F3N6O3S+. The van der Waals surface area contributed by atoms with Crippen LogP contribution in [0.25, 0.3) is 21.5 Å². The van der Waals surface area contributed by atoms with E-state index in [1.54, 1.807) is 12.1 Å². The number of hydrogen-bond acceptors (Lipinski definition) is 7.